The number of nitrogen functional groups attached to an aromatic ring is 1. The Kier molecular flexibility index (Phi) is 4.14. The zero-order valence-corrected chi connectivity index (χ0v) is 11.8. The lowest BCUT2D eigenvalue weighted by atomic mass is 10.2. The first-order chi connectivity index (χ1) is 8.56. The van der Waals surface area contributed by atoms with Gasteiger partial charge in [-0.1, -0.05) is 6.07 Å². The van der Waals surface area contributed by atoms with Gasteiger partial charge in [-0.25, -0.2) is 4.39 Å². The van der Waals surface area contributed by atoms with Gasteiger partial charge in [-0.2, -0.15) is 0 Å². The molecule has 0 saturated carbocycles. The monoisotopic (exact) mass is 327 g/mol. The van der Waals surface area contributed by atoms with E-state index >= 15 is 0 Å². The zero-order valence-electron chi connectivity index (χ0n) is 9.40. The molecule has 0 aliphatic heterocycles. The van der Waals surface area contributed by atoms with Crippen molar-refractivity contribution >= 4 is 32.4 Å². The molecule has 2 aromatic rings. The van der Waals surface area contributed by atoms with E-state index in [2.05, 4.69) is 15.9 Å². The number of anilines is 1. The second kappa shape index (κ2) is 5.63. The van der Waals surface area contributed by atoms with Gasteiger partial charge < -0.3 is 5.73 Å². The number of rotatable bonds is 3. The number of benzene rings is 2. The van der Waals surface area contributed by atoms with Crippen molar-refractivity contribution in [3.63, 3.8) is 0 Å². The summed E-state index contributed by atoms with van der Waals surface area (Å²) in [4.78, 5) is 0.713. The Morgan fingerprint density at radius 3 is 2.44 bits per heavy atom. The quantitative estimate of drug-likeness (QED) is 0.877. The lowest BCUT2D eigenvalue weighted by molar-refractivity contribution is 0.620. The van der Waals surface area contributed by atoms with Crippen molar-refractivity contribution in [3.8, 4) is 0 Å². The predicted octanol–water partition coefficient (Wildman–Crippen LogP) is 3.48. The molecule has 0 amide bonds. The molecular weight excluding hydrogens is 317 g/mol. The van der Waals surface area contributed by atoms with Crippen LogP contribution in [0.4, 0.5) is 10.1 Å². The van der Waals surface area contributed by atoms with Gasteiger partial charge in [0.05, 0.1) is 21.0 Å². The van der Waals surface area contributed by atoms with Crippen molar-refractivity contribution in [2.45, 2.75) is 10.6 Å². The summed E-state index contributed by atoms with van der Waals surface area (Å²) in [6.07, 6.45) is 0. The molecule has 0 aliphatic rings. The maximum Gasteiger partial charge on any atom is 0.137 e. The summed E-state index contributed by atoms with van der Waals surface area (Å²) in [5, 5.41) is 0. The number of hydrogen-bond acceptors (Lipinski definition) is 2. The van der Waals surface area contributed by atoms with Crippen molar-refractivity contribution in [2.24, 2.45) is 0 Å². The van der Waals surface area contributed by atoms with Crippen LogP contribution in [-0.2, 0) is 16.6 Å². The Hall–Kier alpha value is -1.20. The molecule has 0 radical (unpaired) electrons. The lowest BCUT2D eigenvalue weighted by Gasteiger charge is -2.04. The highest BCUT2D eigenvalue weighted by Gasteiger charge is 2.07. The Bertz CT molecular complexity index is 586. The van der Waals surface area contributed by atoms with Crippen molar-refractivity contribution in [1.29, 1.82) is 0 Å². The van der Waals surface area contributed by atoms with Crippen LogP contribution >= 0.6 is 15.9 Å². The molecule has 5 heteroatoms. The van der Waals surface area contributed by atoms with Crippen LogP contribution in [0.2, 0.25) is 0 Å². The van der Waals surface area contributed by atoms with Gasteiger partial charge in [-0.3, -0.25) is 4.21 Å². The highest BCUT2D eigenvalue weighted by molar-refractivity contribution is 9.10. The molecule has 2 nitrogen and oxygen atoms in total. The minimum absolute atomic E-state index is 0.322. The Morgan fingerprint density at radius 2 is 1.83 bits per heavy atom. The van der Waals surface area contributed by atoms with Gasteiger partial charge in [0.25, 0.3) is 0 Å². The molecular formula is C13H11BrFNOS. The molecule has 94 valence electrons. The highest BCUT2D eigenvalue weighted by Crippen LogP contribution is 2.20. The van der Waals surface area contributed by atoms with Gasteiger partial charge >= 0.3 is 0 Å². The molecule has 0 fully saturated rings. The summed E-state index contributed by atoms with van der Waals surface area (Å²) in [6, 6.07) is 11.6. The van der Waals surface area contributed by atoms with E-state index in [1.165, 1.54) is 6.07 Å². The average Bonchev–Trinajstić information content (AvgIpc) is 2.34. The predicted molar refractivity (Wildman–Crippen MR) is 75.1 cm³/mol. The van der Waals surface area contributed by atoms with E-state index in [1.54, 1.807) is 36.4 Å². The molecule has 0 heterocycles. The van der Waals surface area contributed by atoms with Crippen LogP contribution in [0, 0.1) is 5.82 Å². The van der Waals surface area contributed by atoms with Crippen molar-refractivity contribution in [2.75, 3.05) is 5.73 Å². The molecule has 2 rings (SSSR count). The summed E-state index contributed by atoms with van der Waals surface area (Å²) < 4.78 is 25.5. The van der Waals surface area contributed by atoms with Gasteiger partial charge in [0.2, 0.25) is 0 Å². The van der Waals surface area contributed by atoms with Gasteiger partial charge in [0.1, 0.15) is 5.82 Å². The highest BCUT2D eigenvalue weighted by atomic mass is 79.9. The van der Waals surface area contributed by atoms with Crippen LogP contribution in [0.15, 0.2) is 51.8 Å². The van der Waals surface area contributed by atoms with Crippen LogP contribution in [-0.4, -0.2) is 4.21 Å². The third kappa shape index (κ3) is 3.17. The van der Waals surface area contributed by atoms with Crippen LogP contribution in [0.1, 0.15) is 5.56 Å². The molecule has 1 atom stereocenters. The molecule has 2 aromatic carbocycles. The van der Waals surface area contributed by atoms with E-state index in [9.17, 15) is 8.60 Å². The van der Waals surface area contributed by atoms with E-state index in [0.717, 1.165) is 5.56 Å². The third-order valence-corrected chi connectivity index (χ3v) is 4.43. The molecule has 0 bridgehead atoms. The standard InChI is InChI=1S/C13H11BrFNOS/c14-12-7-9(1-6-13(12)15)8-18(17)11-4-2-10(16)3-5-11/h1-7H,8,16H2. The SMILES string of the molecule is Nc1ccc(S(=O)Cc2ccc(F)c(Br)c2)cc1. The Labute approximate surface area is 116 Å². The second-order valence-corrected chi connectivity index (χ2v) is 6.11. The molecule has 0 saturated heterocycles. The van der Waals surface area contributed by atoms with Gasteiger partial charge in [0.15, 0.2) is 0 Å². The minimum Gasteiger partial charge on any atom is -0.399 e. The molecule has 0 spiro atoms. The van der Waals surface area contributed by atoms with Crippen LogP contribution < -0.4 is 5.73 Å². The van der Waals surface area contributed by atoms with Gasteiger partial charge in [0, 0.05) is 10.6 Å². The van der Waals surface area contributed by atoms with Crippen LogP contribution in [0.25, 0.3) is 0 Å². The van der Waals surface area contributed by atoms with Crippen molar-refractivity contribution in [3.05, 3.63) is 58.3 Å². The summed E-state index contributed by atoms with van der Waals surface area (Å²) in [5.74, 6) is 0.0278. The molecule has 1 unspecified atom stereocenters. The van der Waals surface area contributed by atoms with Gasteiger partial charge in [-0.05, 0) is 57.9 Å². The molecule has 0 aromatic heterocycles. The van der Waals surface area contributed by atoms with E-state index in [4.69, 9.17) is 5.73 Å². The first kappa shape index (κ1) is 13.2. The first-order valence-corrected chi connectivity index (χ1v) is 7.35. The van der Waals surface area contributed by atoms with Crippen LogP contribution in [0.3, 0.4) is 0 Å². The zero-order chi connectivity index (χ0) is 13.1. The maximum atomic E-state index is 13.1. The summed E-state index contributed by atoms with van der Waals surface area (Å²) in [6.45, 7) is 0. The van der Waals surface area contributed by atoms with Crippen molar-refractivity contribution < 1.29 is 8.60 Å². The fourth-order valence-electron chi connectivity index (χ4n) is 1.48. The van der Waals surface area contributed by atoms with E-state index in [0.29, 0.717) is 20.8 Å². The van der Waals surface area contributed by atoms with E-state index < -0.39 is 10.8 Å². The lowest BCUT2D eigenvalue weighted by Crippen LogP contribution is -1.97. The number of hydrogen-bond donors (Lipinski definition) is 1. The topological polar surface area (TPSA) is 43.1 Å². The van der Waals surface area contributed by atoms with Gasteiger partial charge in [-0.15, -0.1) is 0 Å². The Morgan fingerprint density at radius 1 is 1.17 bits per heavy atom. The average molecular weight is 328 g/mol. The molecule has 18 heavy (non-hydrogen) atoms. The maximum absolute atomic E-state index is 13.1. The third-order valence-electron chi connectivity index (χ3n) is 2.42. The molecule has 0 aliphatic carbocycles. The van der Waals surface area contributed by atoms with Crippen LogP contribution in [0.5, 0.6) is 0 Å². The summed E-state index contributed by atoms with van der Waals surface area (Å²) in [7, 11) is -1.16. The molecule has 2 N–H and O–H groups in total. The van der Waals surface area contributed by atoms with E-state index in [1.807, 2.05) is 0 Å². The fraction of sp³-hybridized carbons (Fsp3) is 0.0769. The number of nitrogens with two attached hydrogens (primary N) is 1. The number of halogens is 2. The first-order valence-electron chi connectivity index (χ1n) is 5.24. The Balaban J connectivity index is 2.16. The van der Waals surface area contributed by atoms with Crippen molar-refractivity contribution in [1.82, 2.24) is 0 Å². The fourth-order valence-corrected chi connectivity index (χ4v) is 3.00. The summed E-state index contributed by atoms with van der Waals surface area (Å²) >= 11 is 3.11. The summed E-state index contributed by atoms with van der Waals surface area (Å²) in [5.41, 5.74) is 7.03. The normalized spacial score (nSPS) is 12.3. The smallest absolute Gasteiger partial charge is 0.137 e. The largest absolute Gasteiger partial charge is 0.399 e. The van der Waals surface area contributed by atoms with E-state index in [-0.39, 0.29) is 5.82 Å². The minimum atomic E-state index is -1.16. The second-order valence-electron chi connectivity index (χ2n) is 3.81.